The Labute approximate surface area is 158 Å². The summed E-state index contributed by atoms with van der Waals surface area (Å²) in [7, 11) is 0. The van der Waals surface area contributed by atoms with Gasteiger partial charge in [-0.3, -0.25) is 9.48 Å². The summed E-state index contributed by atoms with van der Waals surface area (Å²) in [5.74, 6) is -0.118. The molecule has 136 valence electrons. The van der Waals surface area contributed by atoms with Crippen LogP contribution in [0.3, 0.4) is 0 Å². The average molecular weight is 358 g/mol. The second-order valence-electron chi connectivity index (χ2n) is 6.93. The molecule has 2 heterocycles. The Kier molecular flexibility index (Phi) is 4.50. The molecular formula is C22H22N4O. The van der Waals surface area contributed by atoms with Crippen LogP contribution in [-0.4, -0.2) is 20.7 Å². The first-order valence-corrected chi connectivity index (χ1v) is 9.05. The number of nitrogens with one attached hydrogen (secondary N) is 2. The maximum atomic E-state index is 12.6. The molecular weight excluding hydrogens is 336 g/mol. The lowest BCUT2D eigenvalue weighted by molar-refractivity contribution is 0.0935. The second kappa shape index (κ2) is 7.11. The molecule has 0 aliphatic carbocycles. The van der Waals surface area contributed by atoms with Crippen molar-refractivity contribution in [2.24, 2.45) is 0 Å². The molecule has 0 aliphatic heterocycles. The van der Waals surface area contributed by atoms with Gasteiger partial charge in [0.25, 0.3) is 5.91 Å². The number of nitrogens with zero attached hydrogens (tertiary/aromatic N) is 2. The number of hydrogen-bond donors (Lipinski definition) is 2. The van der Waals surface area contributed by atoms with Crippen LogP contribution < -0.4 is 5.32 Å². The number of benzene rings is 2. The molecule has 0 spiro atoms. The first kappa shape index (κ1) is 17.1. The first-order chi connectivity index (χ1) is 13.1. The summed E-state index contributed by atoms with van der Waals surface area (Å²) in [5.41, 5.74) is 4.88. The predicted octanol–water partition coefficient (Wildman–Crippen LogP) is 4.21. The zero-order valence-electron chi connectivity index (χ0n) is 15.4. The lowest BCUT2D eigenvalue weighted by Gasteiger charge is -2.11. The van der Waals surface area contributed by atoms with E-state index < -0.39 is 0 Å². The molecule has 0 radical (unpaired) electrons. The number of H-pyrrole nitrogens is 1. The van der Waals surface area contributed by atoms with Gasteiger partial charge in [-0.15, -0.1) is 0 Å². The molecule has 1 unspecified atom stereocenters. The Bertz CT molecular complexity index is 1080. The normalized spacial score (nSPS) is 12.2. The highest BCUT2D eigenvalue weighted by atomic mass is 16.1. The van der Waals surface area contributed by atoms with E-state index in [1.54, 1.807) is 0 Å². The zero-order valence-corrected chi connectivity index (χ0v) is 15.4. The molecule has 1 atom stereocenters. The van der Waals surface area contributed by atoms with Crippen molar-refractivity contribution in [1.29, 1.82) is 0 Å². The highest BCUT2D eigenvalue weighted by molar-refractivity contribution is 5.98. The van der Waals surface area contributed by atoms with Crippen LogP contribution in [0.5, 0.6) is 0 Å². The summed E-state index contributed by atoms with van der Waals surface area (Å²) in [6, 6.07) is 18.0. The lowest BCUT2D eigenvalue weighted by atomic mass is 10.1. The number of fused-ring (bicyclic) bond motifs is 1. The second-order valence-corrected chi connectivity index (χ2v) is 6.93. The van der Waals surface area contributed by atoms with Gasteiger partial charge in [0.1, 0.15) is 5.69 Å². The van der Waals surface area contributed by atoms with Gasteiger partial charge in [0, 0.05) is 22.7 Å². The number of aromatic amines is 1. The fourth-order valence-corrected chi connectivity index (χ4v) is 3.19. The van der Waals surface area contributed by atoms with Crippen LogP contribution >= 0.6 is 0 Å². The molecule has 4 rings (SSSR count). The Morgan fingerprint density at radius 2 is 2.00 bits per heavy atom. The third-order valence-corrected chi connectivity index (χ3v) is 4.71. The molecule has 2 N–H and O–H groups in total. The van der Waals surface area contributed by atoms with Crippen LogP contribution in [0.2, 0.25) is 0 Å². The Morgan fingerprint density at radius 1 is 1.19 bits per heavy atom. The van der Waals surface area contributed by atoms with E-state index in [0.717, 1.165) is 16.5 Å². The molecule has 0 saturated heterocycles. The Balaban J connectivity index is 1.45. The van der Waals surface area contributed by atoms with Gasteiger partial charge >= 0.3 is 0 Å². The molecule has 4 aromatic rings. The van der Waals surface area contributed by atoms with Crippen LogP contribution in [0, 0.1) is 6.92 Å². The van der Waals surface area contributed by atoms with Gasteiger partial charge in [0.15, 0.2) is 0 Å². The molecule has 0 bridgehead atoms. The zero-order chi connectivity index (χ0) is 18.8. The summed E-state index contributed by atoms with van der Waals surface area (Å²) in [5, 5.41) is 8.50. The van der Waals surface area contributed by atoms with Crippen molar-refractivity contribution in [3.05, 3.63) is 89.4 Å². The summed E-state index contributed by atoms with van der Waals surface area (Å²) < 4.78 is 1.89. The third kappa shape index (κ3) is 3.77. The SMILES string of the molecule is Cc1ccc2[nH]c(C(=O)NC(C)c3cnn(Cc4ccccc4)c3)cc2c1. The number of aromatic nitrogens is 3. The van der Waals surface area contributed by atoms with Crippen molar-refractivity contribution in [3.8, 4) is 0 Å². The van der Waals surface area contributed by atoms with E-state index in [0.29, 0.717) is 12.2 Å². The van der Waals surface area contributed by atoms with Crippen LogP contribution in [0.15, 0.2) is 67.0 Å². The van der Waals surface area contributed by atoms with E-state index in [1.165, 1.54) is 11.1 Å². The summed E-state index contributed by atoms with van der Waals surface area (Å²) in [6.07, 6.45) is 3.79. The standard InChI is InChI=1S/C22H22N4O/c1-15-8-9-20-18(10-15)11-21(25-20)22(27)24-16(2)19-12-23-26(14-19)13-17-6-4-3-5-7-17/h3-12,14,16,25H,13H2,1-2H3,(H,24,27). The highest BCUT2D eigenvalue weighted by Crippen LogP contribution is 2.18. The fraction of sp³-hybridized carbons (Fsp3) is 0.182. The number of aryl methyl sites for hydroxylation is 1. The van der Waals surface area contributed by atoms with E-state index in [9.17, 15) is 4.79 Å². The Morgan fingerprint density at radius 3 is 2.81 bits per heavy atom. The van der Waals surface area contributed by atoms with E-state index in [4.69, 9.17) is 0 Å². The van der Waals surface area contributed by atoms with Crippen LogP contribution in [0.1, 0.15) is 40.1 Å². The van der Waals surface area contributed by atoms with Gasteiger partial charge in [0.2, 0.25) is 0 Å². The van der Waals surface area contributed by atoms with Crippen LogP contribution in [0.25, 0.3) is 10.9 Å². The van der Waals surface area contributed by atoms with Crippen molar-refractivity contribution in [2.45, 2.75) is 26.4 Å². The minimum atomic E-state index is -0.129. The van der Waals surface area contributed by atoms with Gasteiger partial charge in [-0.25, -0.2) is 0 Å². The van der Waals surface area contributed by atoms with Crippen molar-refractivity contribution in [3.63, 3.8) is 0 Å². The minimum Gasteiger partial charge on any atom is -0.351 e. The third-order valence-electron chi connectivity index (χ3n) is 4.71. The molecule has 5 nitrogen and oxygen atoms in total. The molecule has 2 aromatic heterocycles. The predicted molar refractivity (Wildman–Crippen MR) is 107 cm³/mol. The summed E-state index contributed by atoms with van der Waals surface area (Å²) >= 11 is 0. The van der Waals surface area contributed by atoms with Crippen LogP contribution in [-0.2, 0) is 6.54 Å². The van der Waals surface area contributed by atoms with Gasteiger partial charge in [0.05, 0.1) is 18.8 Å². The monoisotopic (exact) mass is 358 g/mol. The molecule has 1 amide bonds. The van der Waals surface area contributed by atoms with E-state index in [2.05, 4.69) is 33.6 Å². The van der Waals surface area contributed by atoms with E-state index in [1.807, 2.05) is 67.3 Å². The number of hydrogen-bond acceptors (Lipinski definition) is 2. The van der Waals surface area contributed by atoms with Crippen molar-refractivity contribution < 1.29 is 4.79 Å². The molecule has 0 fully saturated rings. The van der Waals surface area contributed by atoms with Gasteiger partial charge in [-0.1, -0.05) is 42.0 Å². The van der Waals surface area contributed by atoms with Crippen molar-refractivity contribution >= 4 is 16.8 Å². The van der Waals surface area contributed by atoms with Gasteiger partial charge < -0.3 is 10.3 Å². The maximum Gasteiger partial charge on any atom is 0.268 e. The molecule has 0 saturated carbocycles. The quantitative estimate of drug-likeness (QED) is 0.561. The highest BCUT2D eigenvalue weighted by Gasteiger charge is 2.15. The van der Waals surface area contributed by atoms with E-state index in [-0.39, 0.29) is 11.9 Å². The Hall–Kier alpha value is -3.34. The number of rotatable bonds is 5. The molecule has 0 aliphatic rings. The fourth-order valence-electron chi connectivity index (χ4n) is 3.19. The van der Waals surface area contributed by atoms with Gasteiger partial charge in [-0.2, -0.15) is 5.10 Å². The molecule has 2 aromatic carbocycles. The topological polar surface area (TPSA) is 62.7 Å². The summed E-state index contributed by atoms with van der Waals surface area (Å²) in [4.78, 5) is 15.8. The van der Waals surface area contributed by atoms with Crippen LogP contribution in [0.4, 0.5) is 0 Å². The largest absolute Gasteiger partial charge is 0.351 e. The molecule has 27 heavy (non-hydrogen) atoms. The number of carbonyl (C=O) groups excluding carboxylic acids is 1. The smallest absolute Gasteiger partial charge is 0.268 e. The van der Waals surface area contributed by atoms with E-state index >= 15 is 0 Å². The molecule has 5 heteroatoms. The lowest BCUT2D eigenvalue weighted by Crippen LogP contribution is -2.26. The minimum absolute atomic E-state index is 0.118. The average Bonchev–Trinajstić information content (AvgIpc) is 3.29. The number of amides is 1. The van der Waals surface area contributed by atoms with Gasteiger partial charge in [-0.05, 0) is 37.6 Å². The van der Waals surface area contributed by atoms with Crippen molar-refractivity contribution in [2.75, 3.05) is 0 Å². The maximum absolute atomic E-state index is 12.6. The van der Waals surface area contributed by atoms with Crippen molar-refractivity contribution in [1.82, 2.24) is 20.1 Å². The summed E-state index contributed by atoms with van der Waals surface area (Å²) in [6.45, 7) is 4.72. The number of carbonyl (C=O) groups is 1. The first-order valence-electron chi connectivity index (χ1n) is 9.05.